The Bertz CT molecular complexity index is 795. The summed E-state index contributed by atoms with van der Waals surface area (Å²) in [5.41, 5.74) is 1.66. The molecule has 4 rings (SSSR count). The first kappa shape index (κ1) is 25.0. The van der Waals surface area contributed by atoms with Crippen LogP contribution in [0.1, 0.15) is 109 Å². The lowest BCUT2D eigenvalue weighted by Crippen LogP contribution is -2.34. The number of hydrogen-bond donors (Lipinski definition) is 0. The molecule has 3 aliphatic carbocycles. The molecule has 0 heterocycles. The van der Waals surface area contributed by atoms with E-state index in [1.165, 1.54) is 96.0 Å². The molecule has 0 N–H and O–H groups in total. The molecule has 1 aromatic carbocycles. The molecule has 0 aliphatic heterocycles. The van der Waals surface area contributed by atoms with Crippen molar-refractivity contribution in [1.29, 1.82) is 0 Å². The second kappa shape index (κ2) is 12.1. The van der Waals surface area contributed by atoms with Gasteiger partial charge in [-0.3, -0.25) is 0 Å². The Hall–Kier alpha value is -1.08. The highest BCUT2D eigenvalue weighted by Crippen LogP contribution is 2.46. The predicted molar refractivity (Wildman–Crippen MR) is 141 cm³/mol. The summed E-state index contributed by atoms with van der Waals surface area (Å²) in [5, 5.41) is 0. The van der Waals surface area contributed by atoms with Crippen LogP contribution in [0, 0.1) is 29.5 Å². The smallest absolute Gasteiger partial charge is 0.131 e. The predicted octanol–water partition coefficient (Wildman–Crippen LogP) is 10.1. The van der Waals surface area contributed by atoms with Crippen molar-refractivity contribution < 1.29 is 4.39 Å². The molecular formula is C31H44ClF. The summed E-state index contributed by atoms with van der Waals surface area (Å²) in [4.78, 5) is -0.282. The molecule has 3 aliphatic rings. The van der Waals surface area contributed by atoms with E-state index < -0.39 is 0 Å². The molecule has 0 nitrogen and oxygen atoms in total. The Balaban J connectivity index is 1.17. The fourth-order valence-corrected chi connectivity index (χ4v) is 7.08. The average Bonchev–Trinajstić information content (AvgIpc) is 2.85. The molecule has 0 bridgehead atoms. The molecule has 182 valence electrons. The normalized spacial score (nSPS) is 32.5. The zero-order valence-corrected chi connectivity index (χ0v) is 21.5. The third-order valence-electron chi connectivity index (χ3n) is 9.05. The molecule has 33 heavy (non-hydrogen) atoms. The zero-order chi connectivity index (χ0) is 23.1. The van der Waals surface area contributed by atoms with Gasteiger partial charge in [0.05, 0.1) is 4.87 Å². The van der Waals surface area contributed by atoms with Crippen LogP contribution in [0.3, 0.4) is 0 Å². The van der Waals surface area contributed by atoms with Gasteiger partial charge in [-0.15, -0.1) is 11.6 Å². The monoisotopic (exact) mass is 470 g/mol. The summed E-state index contributed by atoms with van der Waals surface area (Å²) in [6, 6.07) is 7.04. The van der Waals surface area contributed by atoms with Gasteiger partial charge in [0, 0.05) is 5.56 Å². The standard InChI is InChI=1S/C31H44ClF/c1-2-3-4-7-24-10-12-25(13-11-24)14-15-26-16-18-28(19-17-26)31(32)22-20-27(21-23-31)29-8-5-6-9-30(29)33/h5-6,8-9,20-22,24-26,28H,2-4,7,10-19,23H2,1H3/t24-,25-,26-,28-,31?. The molecule has 2 fully saturated rings. The van der Waals surface area contributed by atoms with Crippen LogP contribution in [-0.4, -0.2) is 4.87 Å². The number of rotatable bonds is 9. The van der Waals surface area contributed by atoms with Gasteiger partial charge in [0.15, 0.2) is 0 Å². The minimum Gasteiger partial charge on any atom is -0.206 e. The first-order chi connectivity index (χ1) is 16.1. The third-order valence-corrected chi connectivity index (χ3v) is 9.64. The number of halogens is 2. The van der Waals surface area contributed by atoms with Crippen molar-refractivity contribution in [2.45, 2.75) is 108 Å². The van der Waals surface area contributed by atoms with E-state index in [-0.39, 0.29) is 10.7 Å². The number of alkyl halides is 1. The minimum atomic E-state index is -0.282. The number of hydrogen-bond acceptors (Lipinski definition) is 0. The van der Waals surface area contributed by atoms with E-state index >= 15 is 0 Å². The van der Waals surface area contributed by atoms with Gasteiger partial charge >= 0.3 is 0 Å². The van der Waals surface area contributed by atoms with E-state index in [1.807, 2.05) is 12.1 Å². The van der Waals surface area contributed by atoms with Gasteiger partial charge in [0.1, 0.15) is 5.82 Å². The maximum atomic E-state index is 14.1. The van der Waals surface area contributed by atoms with Crippen molar-refractivity contribution in [3.8, 4) is 0 Å². The first-order valence-corrected chi connectivity index (χ1v) is 14.3. The summed E-state index contributed by atoms with van der Waals surface area (Å²) in [6.07, 6.45) is 26.9. The third kappa shape index (κ3) is 6.74. The van der Waals surface area contributed by atoms with E-state index in [9.17, 15) is 4.39 Å². The van der Waals surface area contributed by atoms with E-state index in [4.69, 9.17) is 11.6 Å². The van der Waals surface area contributed by atoms with Crippen molar-refractivity contribution >= 4 is 17.2 Å². The van der Waals surface area contributed by atoms with Crippen LogP contribution < -0.4 is 0 Å². The van der Waals surface area contributed by atoms with Crippen molar-refractivity contribution in [2.24, 2.45) is 23.7 Å². The maximum absolute atomic E-state index is 14.1. The van der Waals surface area contributed by atoms with Crippen LogP contribution in [0.25, 0.3) is 5.57 Å². The Morgan fingerprint density at radius 2 is 1.45 bits per heavy atom. The molecule has 0 aromatic heterocycles. The molecule has 0 radical (unpaired) electrons. The minimum absolute atomic E-state index is 0.152. The molecule has 2 saturated carbocycles. The Labute approximate surface area is 207 Å². The number of unbranched alkanes of at least 4 members (excludes halogenated alkanes) is 2. The number of allylic oxidation sites excluding steroid dienone is 4. The van der Waals surface area contributed by atoms with Crippen LogP contribution in [0.15, 0.2) is 42.5 Å². The van der Waals surface area contributed by atoms with E-state index in [0.29, 0.717) is 11.5 Å². The van der Waals surface area contributed by atoms with Gasteiger partial charge in [0.2, 0.25) is 0 Å². The summed E-state index contributed by atoms with van der Waals surface area (Å²) >= 11 is 7.13. The Morgan fingerprint density at radius 1 is 0.848 bits per heavy atom. The van der Waals surface area contributed by atoms with Crippen LogP contribution in [0.5, 0.6) is 0 Å². The van der Waals surface area contributed by atoms with Crippen molar-refractivity contribution in [3.05, 3.63) is 53.9 Å². The summed E-state index contributed by atoms with van der Waals surface area (Å²) in [6.45, 7) is 2.31. The lowest BCUT2D eigenvalue weighted by atomic mass is 9.70. The molecule has 0 spiro atoms. The van der Waals surface area contributed by atoms with Gasteiger partial charge in [-0.1, -0.05) is 120 Å². The van der Waals surface area contributed by atoms with E-state index in [1.54, 1.807) is 6.07 Å². The van der Waals surface area contributed by atoms with Gasteiger partial charge in [-0.05, 0) is 54.6 Å². The SMILES string of the molecule is CCCCC[C@H]1CC[C@H](CC[C@H]2CC[C@H](C3(Cl)C=CC(c4ccccc4F)=CC3)CC2)CC1. The van der Waals surface area contributed by atoms with Crippen LogP contribution >= 0.6 is 11.6 Å². The first-order valence-electron chi connectivity index (χ1n) is 13.9. The second-order valence-corrected chi connectivity index (χ2v) is 12.0. The van der Waals surface area contributed by atoms with Crippen molar-refractivity contribution in [1.82, 2.24) is 0 Å². The van der Waals surface area contributed by atoms with Crippen molar-refractivity contribution in [3.63, 3.8) is 0 Å². The lowest BCUT2D eigenvalue weighted by molar-refractivity contribution is 0.201. The molecule has 1 aromatic rings. The fourth-order valence-electron chi connectivity index (χ4n) is 6.72. The number of benzene rings is 1. The summed E-state index contributed by atoms with van der Waals surface area (Å²) in [7, 11) is 0. The molecular weight excluding hydrogens is 427 g/mol. The lowest BCUT2D eigenvalue weighted by Gasteiger charge is -2.39. The Kier molecular flexibility index (Phi) is 9.14. The molecule has 1 atom stereocenters. The highest BCUT2D eigenvalue weighted by Gasteiger charge is 2.37. The zero-order valence-electron chi connectivity index (χ0n) is 20.7. The van der Waals surface area contributed by atoms with Gasteiger partial charge < -0.3 is 0 Å². The van der Waals surface area contributed by atoms with Crippen LogP contribution in [0.2, 0.25) is 0 Å². The maximum Gasteiger partial charge on any atom is 0.131 e. The largest absolute Gasteiger partial charge is 0.206 e. The molecule has 0 amide bonds. The van der Waals surface area contributed by atoms with Crippen LogP contribution in [0.4, 0.5) is 4.39 Å². The van der Waals surface area contributed by atoms with Gasteiger partial charge in [-0.25, -0.2) is 4.39 Å². The second-order valence-electron chi connectivity index (χ2n) is 11.3. The molecule has 2 heteroatoms. The topological polar surface area (TPSA) is 0 Å². The summed E-state index contributed by atoms with van der Waals surface area (Å²) < 4.78 is 14.1. The summed E-state index contributed by atoms with van der Waals surface area (Å²) in [5.74, 6) is 3.32. The highest BCUT2D eigenvalue weighted by molar-refractivity contribution is 6.26. The molecule has 0 saturated heterocycles. The van der Waals surface area contributed by atoms with Gasteiger partial charge in [-0.2, -0.15) is 0 Å². The average molecular weight is 471 g/mol. The quantitative estimate of drug-likeness (QED) is 0.248. The Morgan fingerprint density at radius 3 is 2.03 bits per heavy atom. The van der Waals surface area contributed by atoms with E-state index in [0.717, 1.165) is 29.7 Å². The van der Waals surface area contributed by atoms with E-state index in [2.05, 4.69) is 25.2 Å². The molecule has 1 unspecified atom stereocenters. The van der Waals surface area contributed by atoms with Crippen molar-refractivity contribution in [2.75, 3.05) is 0 Å². The van der Waals surface area contributed by atoms with Crippen LogP contribution in [-0.2, 0) is 0 Å². The van der Waals surface area contributed by atoms with Gasteiger partial charge in [0.25, 0.3) is 0 Å². The fraction of sp³-hybridized carbons (Fsp3) is 0.677. The highest BCUT2D eigenvalue weighted by atomic mass is 35.5.